The lowest BCUT2D eigenvalue weighted by Gasteiger charge is -2.42. The van der Waals surface area contributed by atoms with Gasteiger partial charge in [-0.2, -0.15) is 0 Å². The molecule has 1 aliphatic rings. The molecule has 122 valence electrons. The number of carbonyl (C=O) groups is 1. The minimum Gasteiger partial charge on any atom is -0.497 e. The molecule has 0 radical (unpaired) electrons. The van der Waals surface area contributed by atoms with E-state index in [1.165, 1.54) is 0 Å². The Labute approximate surface area is 132 Å². The van der Waals surface area contributed by atoms with E-state index in [0.29, 0.717) is 5.75 Å². The maximum absolute atomic E-state index is 11.9. The lowest BCUT2D eigenvalue weighted by molar-refractivity contribution is -0.145. The van der Waals surface area contributed by atoms with Crippen molar-refractivity contribution < 1.29 is 14.6 Å². The van der Waals surface area contributed by atoms with Crippen LogP contribution in [-0.4, -0.2) is 60.2 Å². The Morgan fingerprint density at radius 1 is 1.45 bits per heavy atom. The van der Waals surface area contributed by atoms with Gasteiger partial charge in [-0.05, 0) is 37.6 Å². The van der Waals surface area contributed by atoms with Crippen LogP contribution in [0.3, 0.4) is 0 Å². The summed E-state index contributed by atoms with van der Waals surface area (Å²) in [5.74, 6) is -0.106. The summed E-state index contributed by atoms with van der Waals surface area (Å²) < 4.78 is 5.23. The number of nitrogens with zero attached hydrogens (tertiary/aromatic N) is 2. The molecule has 0 aromatic heterocycles. The van der Waals surface area contributed by atoms with E-state index in [1.54, 1.807) is 7.11 Å². The first-order chi connectivity index (χ1) is 10.6. The third-order valence-corrected chi connectivity index (χ3v) is 4.28. The molecule has 2 rings (SSSR count). The lowest BCUT2D eigenvalue weighted by atomic mass is 10.0. The topological polar surface area (TPSA) is 53.0 Å². The standard InChI is InChI=1S/C17H26N2O3/c1-4-8-18-9-10-19(13(2)12-18)16(17(20)21)14-6-5-7-15(11-14)22-3/h5-7,11,13,16H,4,8-10,12H2,1-3H3,(H,20,21). The SMILES string of the molecule is CCCN1CCN(C(C(=O)O)c2cccc(OC)c2)C(C)C1. The first kappa shape index (κ1) is 16.8. The molecule has 1 aromatic rings. The second-order valence-electron chi connectivity index (χ2n) is 5.90. The predicted molar refractivity (Wildman–Crippen MR) is 86.3 cm³/mol. The Morgan fingerprint density at radius 2 is 2.23 bits per heavy atom. The van der Waals surface area contributed by atoms with Gasteiger partial charge in [0, 0.05) is 25.7 Å². The Hall–Kier alpha value is -1.59. The van der Waals surface area contributed by atoms with Crippen LogP contribution in [0.2, 0.25) is 0 Å². The van der Waals surface area contributed by atoms with Crippen molar-refractivity contribution in [3.63, 3.8) is 0 Å². The van der Waals surface area contributed by atoms with Crippen LogP contribution >= 0.6 is 0 Å². The normalized spacial score (nSPS) is 21.5. The van der Waals surface area contributed by atoms with Gasteiger partial charge in [0.25, 0.3) is 0 Å². The summed E-state index contributed by atoms with van der Waals surface area (Å²) in [4.78, 5) is 16.4. The van der Waals surface area contributed by atoms with Gasteiger partial charge in [0.05, 0.1) is 7.11 Å². The third kappa shape index (κ3) is 3.78. The molecule has 2 unspecified atom stereocenters. The molecule has 0 saturated carbocycles. The minimum atomic E-state index is -0.802. The molecule has 0 bridgehead atoms. The largest absolute Gasteiger partial charge is 0.497 e. The van der Waals surface area contributed by atoms with Gasteiger partial charge in [-0.3, -0.25) is 9.69 Å². The average Bonchev–Trinajstić information content (AvgIpc) is 2.50. The van der Waals surface area contributed by atoms with E-state index >= 15 is 0 Å². The number of carboxylic acid groups (broad SMARTS) is 1. The van der Waals surface area contributed by atoms with Crippen molar-refractivity contribution >= 4 is 5.97 Å². The summed E-state index contributed by atoms with van der Waals surface area (Å²) in [6, 6.07) is 6.98. The molecule has 2 atom stereocenters. The van der Waals surface area contributed by atoms with Gasteiger partial charge in [0.2, 0.25) is 0 Å². The Balaban J connectivity index is 2.19. The molecule has 1 heterocycles. The minimum absolute atomic E-state index is 0.215. The van der Waals surface area contributed by atoms with Gasteiger partial charge in [-0.25, -0.2) is 0 Å². The number of carboxylic acids is 1. The van der Waals surface area contributed by atoms with E-state index in [4.69, 9.17) is 4.74 Å². The van der Waals surface area contributed by atoms with E-state index in [1.807, 2.05) is 24.3 Å². The number of ether oxygens (including phenoxy) is 1. The number of aliphatic carboxylic acids is 1. The Morgan fingerprint density at radius 3 is 2.82 bits per heavy atom. The van der Waals surface area contributed by atoms with Crippen molar-refractivity contribution in [2.75, 3.05) is 33.3 Å². The lowest BCUT2D eigenvalue weighted by Crippen LogP contribution is -2.54. The summed E-state index contributed by atoms with van der Waals surface area (Å²) in [6.45, 7) is 7.98. The maximum Gasteiger partial charge on any atom is 0.325 e. The van der Waals surface area contributed by atoms with Crippen LogP contribution in [0.15, 0.2) is 24.3 Å². The average molecular weight is 306 g/mol. The zero-order valence-corrected chi connectivity index (χ0v) is 13.7. The van der Waals surface area contributed by atoms with Crippen LogP contribution < -0.4 is 4.74 Å². The molecule has 1 N–H and O–H groups in total. The number of benzene rings is 1. The van der Waals surface area contributed by atoms with Crippen LogP contribution in [0, 0.1) is 0 Å². The molecule has 1 fully saturated rings. The van der Waals surface area contributed by atoms with Crippen molar-refractivity contribution in [2.45, 2.75) is 32.4 Å². The first-order valence-corrected chi connectivity index (χ1v) is 7.91. The summed E-state index contributed by atoms with van der Waals surface area (Å²) in [5.41, 5.74) is 0.780. The van der Waals surface area contributed by atoms with Crippen molar-refractivity contribution in [1.29, 1.82) is 0 Å². The van der Waals surface area contributed by atoms with Crippen molar-refractivity contribution in [1.82, 2.24) is 9.80 Å². The first-order valence-electron chi connectivity index (χ1n) is 7.91. The van der Waals surface area contributed by atoms with Crippen molar-refractivity contribution in [2.24, 2.45) is 0 Å². The zero-order valence-electron chi connectivity index (χ0n) is 13.7. The fourth-order valence-corrected chi connectivity index (χ4v) is 3.24. The number of rotatable bonds is 6. The molecule has 0 spiro atoms. The van der Waals surface area contributed by atoms with Crippen LogP contribution in [0.1, 0.15) is 31.9 Å². The molecule has 1 saturated heterocycles. The number of hydrogen-bond acceptors (Lipinski definition) is 4. The molecular weight excluding hydrogens is 280 g/mol. The molecule has 5 nitrogen and oxygen atoms in total. The zero-order chi connectivity index (χ0) is 16.1. The fraction of sp³-hybridized carbons (Fsp3) is 0.588. The maximum atomic E-state index is 11.9. The highest BCUT2D eigenvalue weighted by atomic mass is 16.5. The van der Waals surface area contributed by atoms with Crippen molar-refractivity contribution in [3.05, 3.63) is 29.8 Å². The van der Waals surface area contributed by atoms with Gasteiger partial charge in [0.15, 0.2) is 0 Å². The third-order valence-electron chi connectivity index (χ3n) is 4.28. The van der Waals surface area contributed by atoms with E-state index in [0.717, 1.165) is 38.2 Å². The van der Waals surface area contributed by atoms with Gasteiger partial charge in [-0.1, -0.05) is 19.1 Å². The molecule has 1 aromatic carbocycles. The van der Waals surface area contributed by atoms with Crippen LogP contribution in [0.5, 0.6) is 5.75 Å². The van der Waals surface area contributed by atoms with Crippen molar-refractivity contribution in [3.8, 4) is 5.75 Å². The number of hydrogen-bond donors (Lipinski definition) is 1. The highest BCUT2D eigenvalue weighted by Gasteiger charge is 2.34. The Kier molecular flexibility index (Phi) is 5.80. The molecule has 5 heteroatoms. The fourth-order valence-electron chi connectivity index (χ4n) is 3.24. The monoisotopic (exact) mass is 306 g/mol. The quantitative estimate of drug-likeness (QED) is 0.873. The van der Waals surface area contributed by atoms with Crippen LogP contribution in [0.4, 0.5) is 0 Å². The summed E-state index contributed by atoms with van der Waals surface area (Å²) in [6.07, 6.45) is 1.13. The second kappa shape index (κ2) is 7.61. The van der Waals surface area contributed by atoms with E-state index in [2.05, 4.69) is 23.6 Å². The summed E-state index contributed by atoms with van der Waals surface area (Å²) in [7, 11) is 1.60. The van der Waals surface area contributed by atoms with Gasteiger partial charge >= 0.3 is 5.97 Å². The number of methoxy groups -OCH3 is 1. The van der Waals surface area contributed by atoms with Gasteiger partial charge < -0.3 is 14.7 Å². The number of piperazine rings is 1. The highest BCUT2D eigenvalue weighted by molar-refractivity contribution is 5.75. The predicted octanol–water partition coefficient (Wildman–Crippen LogP) is 2.24. The molecule has 1 aliphatic heterocycles. The van der Waals surface area contributed by atoms with Crippen LogP contribution in [-0.2, 0) is 4.79 Å². The van der Waals surface area contributed by atoms with E-state index in [9.17, 15) is 9.90 Å². The molecule has 0 aliphatic carbocycles. The van der Waals surface area contributed by atoms with Gasteiger partial charge in [0.1, 0.15) is 11.8 Å². The summed E-state index contributed by atoms with van der Waals surface area (Å²) in [5, 5.41) is 9.73. The second-order valence-corrected chi connectivity index (χ2v) is 5.90. The highest BCUT2D eigenvalue weighted by Crippen LogP contribution is 2.28. The smallest absolute Gasteiger partial charge is 0.325 e. The van der Waals surface area contributed by atoms with Crippen LogP contribution in [0.25, 0.3) is 0 Å². The van der Waals surface area contributed by atoms with E-state index in [-0.39, 0.29) is 6.04 Å². The summed E-state index contributed by atoms with van der Waals surface area (Å²) >= 11 is 0. The van der Waals surface area contributed by atoms with E-state index < -0.39 is 12.0 Å². The molecule has 0 amide bonds. The molecular formula is C17H26N2O3. The van der Waals surface area contributed by atoms with Gasteiger partial charge in [-0.15, -0.1) is 0 Å². The Bertz CT molecular complexity index is 506. The molecule has 22 heavy (non-hydrogen) atoms.